The van der Waals surface area contributed by atoms with E-state index in [2.05, 4.69) is 37.4 Å². The second-order valence-electron chi connectivity index (χ2n) is 8.29. The van der Waals surface area contributed by atoms with Crippen LogP contribution in [0.5, 0.6) is 0 Å². The van der Waals surface area contributed by atoms with Gasteiger partial charge in [-0.1, -0.05) is 29.4 Å². The topological polar surface area (TPSA) is 77.2 Å². The van der Waals surface area contributed by atoms with Crippen LogP contribution in [0.3, 0.4) is 0 Å². The van der Waals surface area contributed by atoms with E-state index in [1.807, 2.05) is 37.1 Å². The summed E-state index contributed by atoms with van der Waals surface area (Å²) in [5, 5.41) is 7.52. The lowest BCUT2D eigenvalue weighted by molar-refractivity contribution is -0.131. The van der Waals surface area contributed by atoms with Gasteiger partial charge in [0.15, 0.2) is 5.96 Å². The molecule has 1 saturated heterocycles. The van der Waals surface area contributed by atoms with Crippen molar-refractivity contribution in [2.24, 2.45) is 4.99 Å². The molecular formula is C23H32N6O2. The first-order valence-electron chi connectivity index (χ1n) is 11.1. The smallest absolute Gasteiger partial charge is 0.223 e. The predicted octanol–water partition coefficient (Wildman–Crippen LogP) is 2.00. The largest absolute Gasteiger partial charge is 0.361 e. The fourth-order valence-electron chi connectivity index (χ4n) is 4.28. The zero-order valence-corrected chi connectivity index (χ0v) is 18.5. The van der Waals surface area contributed by atoms with E-state index < -0.39 is 0 Å². The van der Waals surface area contributed by atoms with Gasteiger partial charge in [-0.05, 0) is 24.5 Å². The van der Waals surface area contributed by atoms with Gasteiger partial charge in [-0.15, -0.1) is 0 Å². The van der Waals surface area contributed by atoms with Crippen LogP contribution in [-0.4, -0.2) is 71.5 Å². The summed E-state index contributed by atoms with van der Waals surface area (Å²) >= 11 is 0. The van der Waals surface area contributed by atoms with E-state index >= 15 is 0 Å². The number of hydrogen-bond acceptors (Lipinski definition) is 5. The maximum atomic E-state index is 12.6. The SMILES string of the molecule is CN=C(NCCCC(=O)N1Cc2ccccc2C1)N1CCN(Cc2cc(C)on2)CC1. The number of nitrogens with zero attached hydrogens (tertiary/aromatic N) is 5. The number of carbonyl (C=O) groups excluding carboxylic acids is 1. The van der Waals surface area contributed by atoms with Crippen LogP contribution in [0.1, 0.15) is 35.4 Å². The van der Waals surface area contributed by atoms with Crippen molar-refractivity contribution in [2.45, 2.75) is 39.4 Å². The van der Waals surface area contributed by atoms with Crippen molar-refractivity contribution in [3.8, 4) is 0 Å². The molecule has 1 N–H and O–H groups in total. The summed E-state index contributed by atoms with van der Waals surface area (Å²) < 4.78 is 5.16. The number of fused-ring (bicyclic) bond motifs is 1. The average Bonchev–Trinajstić information content (AvgIpc) is 3.40. The molecule has 166 valence electrons. The molecule has 0 bridgehead atoms. The first kappa shape index (κ1) is 21.4. The van der Waals surface area contributed by atoms with Crippen molar-refractivity contribution in [2.75, 3.05) is 39.8 Å². The van der Waals surface area contributed by atoms with Gasteiger partial charge in [0, 0.05) is 71.9 Å². The Morgan fingerprint density at radius 2 is 1.84 bits per heavy atom. The summed E-state index contributed by atoms with van der Waals surface area (Å²) in [7, 11) is 1.82. The standard InChI is InChI=1S/C23H32N6O2/c1-18-14-21(26-31-18)17-27-10-12-28(13-11-27)23(24-2)25-9-5-8-22(30)29-15-19-6-3-4-7-20(19)16-29/h3-4,6-7,14H,5,8-13,15-17H2,1-2H3,(H,24,25). The number of guanidine groups is 1. The van der Waals surface area contributed by atoms with E-state index in [9.17, 15) is 4.79 Å². The summed E-state index contributed by atoms with van der Waals surface area (Å²) in [5.41, 5.74) is 3.53. The lowest BCUT2D eigenvalue weighted by atomic mass is 10.1. The highest BCUT2D eigenvalue weighted by atomic mass is 16.5. The third-order valence-electron chi connectivity index (χ3n) is 5.99. The molecule has 0 saturated carbocycles. The molecule has 2 aliphatic heterocycles. The number of rotatable bonds is 6. The van der Waals surface area contributed by atoms with Crippen LogP contribution in [0.2, 0.25) is 0 Å². The minimum Gasteiger partial charge on any atom is -0.361 e. The van der Waals surface area contributed by atoms with Crippen LogP contribution in [0.4, 0.5) is 0 Å². The number of hydrogen-bond donors (Lipinski definition) is 1. The molecule has 1 fully saturated rings. The van der Waals surface area contributed by atoms with Crippen LogP contribution in [0.15, 0.2) is 39.8 Å². The Balaban J connectivity index is 1.15. The number of aromatic nitrogens is 1. The third kappa shape index (κ3) is 5.44. The number of carbonyl (C=O) groups is 1. The van der Waals surface area contributed by atoms with Gasteiger partial charge >= 0.3 is 0 Å². The predicted molar refractivity (Wildman–Crippen MR) is 119 cm³/mol. The Bertz CT molecular complexity index is 891. The van der Waals surface area contributed by atoms with Gasteiger partial charge in [-0.3, -0.25) is 14.7 Å². The van der Waals surface area contributed by atoms with Crippen LogP contribution < -0.4 is 5.32 Å². The highest BCUT2D eigenvalue weighted by Crippen LogP contribution is 2.22. The zero-order valence-electron chi connectivity index (χ0n) is 18.5. The van der Waals surface area contributed by atoms with Crippen LogP contribution in [0, 0.1) is 6.92 Å². The molecule has 1 aromatic carbocycles. The fraction of sp³-hybridized carbons (Fsp3) is 0.522. The Morgan fingerprint density at radius 1 is 1.13 bits per heavy atom. The number of nitrogens with one attached hydrogen (secondary N) is 1. The summed E-state index contributed by atoms with van der Waals surface area (Å²) in [6.07, 6.45) is 1.36. The monoisotopic (exact) mass is 424 g/mol. The quantitative estimate of drug-likeness (QED) is 0.434. The van der Waals surface area contributed by atoms with Gasteiger partial charge in [0.25, 0.3) is 0 Å². The molecule has 0 aliphatic carbocycles. The molecular weight excluding hydrogens is 392 g/mol. The summed E-state index contributed by atoms with van der Waals surface area (Å²) in [5.74, 6) is 1.99. The van der Waals surface area contributed by atoms with Gasteiger partial charge in [0.2, 0.25) is 5.91 Å². The molecule has 2 aliphatic rings. The molecule has 31 heavy (non-hydrogen) atoms. The number of amides is 1. The summed E-state index contributed by atoms with van der Waals surface area (Å²) in [6.45, 7) is 8.72. The van der Waals surface area contributed by atoms with E-state index in [1.165, 1.54) is 11.1 Å². The molecule has 4 rings (SSSR count). The number of benzene rings is 1. The van der Waals surface area contributed by atoms with Crippen LogP contribution in [0.25, 0.3) is 0 Å². The molecule has 0 atom stereocenters. The van der Waals surface area contributed by atoms with Crippen molar-refractivity contribution in [3.63, 3.8) is 0 Å². The lowest BCUT2D eigenvalue weighted by Gasteiger charge is -2.36. The van der Waals surface area contributed by atoms with Crippen LogP contribution >= 0.6 is 0 Å². The number of piperazine rings is 1. The van der Waals surface area contributed by atoms with Gasteiger partial charge in [-0.2, -0.15) is 0 Å². The molecule has 1 aromatic heterocycles. The van der Waals surface area contributed by atoms with Gasteiger partial charge in [0.1, 0.15) is 5.76 Å². The Labute approximate surface area is 183 Å². The Hall–Kier alpha value is -2.87. The fourth-order valence-corrected chi connectivity index (χ4v) is 4.28. The van der Waals surface area contributed by atoms with Crippen molar-refractivity contribution in [3.05, 3.63) is 52.9 Å². The van der Waals surface area contributed by atoms with Gasteiger partial charge < -0.3 is 19.6 Å². The van der Waals surface area contributed by atoms with E-state index in [-0.39, 0.29) is 5.91 Å². The highest BCUT2D eigenvalue weighted by Gasteiger charge is 2.23. The summed E-state index contributed by atoms with van der Waals surface area (Å²) in [4.78, 5) is 23.6. The lowest BCUT2D eigenvalue weighted by Crippen LogP contribution is -2.52. The van der Waals surface area contributed by atoms with Crippen molar-refractivity contribution in [1.29, 1.82) is 0 Å². The average molecular weight is 425 g/mol. The van der Waals surface area contributed by atoms with Crippen LogP contribution in [-0.2, 0) is 24.4 Å². The van der Waals surface area contributed by atoms with E-state index in [4.69, 9.17) is 4.52 Å². The van der Waals surface area contributed by atoms with Crippen molar-refractivity contribution in [1.82, 2.24) is 25.2 Å². The molecule has 0 unspecified atom stereocenters. The molecule has 1 amide bonds. The van der Waals surface area contributed by atoms with Gasteiger partial charge in [-0.25, -0.2) is 0 Å². The van der Waals surface area contributed by atoms with E-state index in [1.54, 1.807) is 0 Å². The molecule has 2 aromatic rings. The number of aliphatic imine (C=N–C) groups is 1. The third-order valence-corrected chi connectivity index (χ3v) is 5.99. The second-order valence-corrected chi connectivity index (χ2v) is 8.29. The molecule has 0 radical (unpaired) electrons. The minimum atomic E-state index is 0.227. The summed E-state index contributed by atoms with van der Waals surface area (Å²) in [6, 6.07) is 10.3. The first-order chi connectivity index (χ1) is 15.1. The molecule has 8 nitrogen and oxygen atoms in total. The molecule has 8 heteroatoms. The maximum Gasteiger partial charge on any atom is 0.223 e. The zero-order chi connectivity index (χ0) is 21.6. The van der Waals surface area contributed by atoms with E-state index in [0.717, 1.165) is 76.2 Å². The minimum absolute atomic E-state index is 0.227. The second kappa shape index (κ2) is 9.96. The van der Waals surface area contributed by atoms with E-state index in [0.29, 0.717) is 6.42 Å². The maximum absolute atomic E-state index is 12.6. The molecule has 0 spiro atoms. The number of aryl methyl sites for hydroxylation is 1. The normalized spacial score (nSPS) is 17.2. The Morgan fingerprint density at radius 3 is 2.45 bits per heavy atom. The first-order valence-corrected chi connectivity index (χ1v) is 11.1. The van der Waals surface area contributed by atoms with Gasteiger partial charge in [0.05, 0.1) is 5.69 Å². The van der Waals surface area contributed by atoms with Crippen molar-refractivity contribution >= 4 is 11.9 Å². The highest BCUT2D eigenvalue weighted by molar-refractivity contribution is 5.80. The van der Waals surface area contributed by atoms with Crippen molar-refractivity contribution < 1.29 is 9.32 Å². The molecule has 3 heterocycles. The Kier molecular flexibility index (Phi) is 6.86.